The first-order valence-electron chi connectivity index (χ1n) is 20.9. The zero-order chi connectivity index (χ0) is 42.9. The van der Waals surface area contributed by atoms with Gasteiger partial charge in [0, 0.05) is 0 Å². The van der Waals surface area contributed by atoms with Crippen LogP contribution in [0.1, 0.15) is 0 Å². The van der Waals surface area contributed by atoms with Crippen LogP contribution in [-0.4, -0.2) is 275 Å². The molecule has 0 spiro atoms. The molecule has 0 aliphatic carbocycles. The van der Waals surface area contributed by atoms with E-state index in [-0.39, 0.29) is 26.4 Å². The van der Waals surface area contributed by atoms with Crippen molar-refractivity contribution in [2.45, 2.75) is 184 Å². The lowest BCUT2D eigenvalue weighted by atomic mass is 9.96. The van der Waals surface area contributed by atoms with Crippen LogP contribution in [0.5, 0.6) is 0 Å². The maximum atomic E-state index is 11.4. The van der Waals surface area contributed by atoms with Gasteiger partial charge in [-0.2, -0.15) is 0 Å². The Morgan fingerprint density at radius 3 is 0.758 bits per heavy atom. The summed E-state index contributed by atoms with van der Waals surface area (Å²) in [6, 6.07) is 0. The molecule has 0 unspecified atom stereocenters. The molecule has 0 amide bonds. The Morgan fingerprint density at radius 2 is 0.500 bits per heavy atom. The van der Waals surface area contributed by atoms with E-state index in [2.05, 4.69) is 0 Å². The lowest BCUT2D eigenvalue weighted by molar-refractivity contribution is -0.382. The monoisotopic (exact) mass is 900 g/mol. The third kappa shape index (κ3) is 7.11. The first-order chi connectivity index (χ1) is 29.9. The molecule has 0 saturated carbocycles. The minimum absolute atomic E-state index is 0.0845. The molecule has 26 nitrogen and oxygen atoms in total. The average molecular weight is 901 g/mol. The van der Waals surface area contributed by atoms with E-state index >= 15 is 0 Å². The van der Waals surface area contributed by atoms with E-state index in [9.17, 15) is 51.1 Å². The van der Waals surface area contributed by atoms with Gasteiger partial charge in [0.25, 0.3) is 0 Å². The Labute approximate surface area is 350 Å². The maximum Gasteiger partial charge on any atom is 0.187 e. The van der Waals surface area contributed by atoms with Crippen molar-refractivity contribution >= 4 is 0 Å². The second-order valence-electron chi connectivity index (χ2n) is 17.3. The molecule has 0 aromatic rings. The number of aliphatic hydroxyl groups excluding tert-OH is 10. The van der Waals surface area contributed by atoms with Crippen molar-refractivity contribution < 1.29 is 127 Å². The fourth-order valence-corrected chi connectivity index (χ4v) is 10.4. The van der Waals surface area contributed by atoms with E-state index in [1.807, 2.05) is 0 Å². The summed E-state index contributed by atoms with van der Waals surface area (Å²) in [5.74, 6) is 0. The van der Waals surface area contributed by atoms with Crippen LogP contribution in [0.3, 0.4) is 0 Å². The van der Waals surface area contributed by atoms with Gasteiger partial charge in [-0.3, -0.25) is 0 Å². The Balaban J connectivity index is 0.859. The molecule has 28 aliphatic rings. The molecule has 28 fully saturated rings. The van der Waals surface area contributed by atoms with Crippen molar-refractivity contribution in [3.05, 3.63) is 0 Å². The van der Waals surface area contributed by atoms with Crippen molar-refractivity contribution in [2.75, 3.05) is 39.6 Å². The lowest BCUT2D eigenvalue weighted by Gasteiger charge is -2.48. The van der Waals surface area contributed by atoms with Crippen molar-refractivity contribution in [1.29, 1.82) is 0 Å². The SMILES string of the molecule is OC[C@H]1O[C@@H]2O[C@H]3[C@@H]4OC[C@H]3O[C@H](O[C@H]3[C@@H]5OC[C@H]3O[C@H](O[C@H]3[C@H](O)[C@@H](O)[C@@H](O[C@H]6[C@@H]7OC[C@H]6O[C@H](O[C@H]6[C@@H]8OC[C@H]6O[C@H](O[C@H]1[C@H](O)[C@H]2O)[C@@H]8O)[C@@H]7O)O[C@@H]3CO)[C@@H]5O)[C@@H]4O. The number of hydrogen-bond donors (Lipinski definition) is 10. The number of aliphatic hydroxyl groups is 10. The molecular formula is C36H52O26. The topological polar surface area (TPSA) is 350 Å². The maximum absolute atomic E-state index is 11.4. The van der Waals surface area contributed by atoms with Gasteiger partial charge in [0.1, 0.15) is 146 Å². The van der Waals surface area contributed by atoms with E-state index in [1.165, 1.54) is 0 Å². The van der Waals surface area contributed by atoms with Crippen LogP contribution in [0.2, 0.25) is 0 Å². The normalized spacial score (nSPS) is 60.9. The predicted molar refractivity (Wildman–Crippen MR) is 182 cm³/mol. The molecular weight excluding hydrogens is 848 g/mol. The van der Waals surface area contributed by atoms with Crippen molar-refractivity contribution in [3.8, 4) is 0 Å². The highest BCUT2D eigenvalue weighted by molar-refractivity contribution is 5.05. The number of hydrogen-bond acceptors (Lipinski definition) is 26. The third-order valence-corrected chi connectivity index (χ3v) is 13.7. The van der Waals surface area contributed by atoms with Crippen molar-refractivity contribution in [3.63, 3.8) is 0 Å². The Morgan fingerprint density at radius 1 is 0.258 bits per heavy atom. The Bertz CT molecular complexity index is 1460. The summed E-state index contributed by atoms with van der Waals surface area (Å²) in [6.07, 6.45) is -40.1. The fourth-order valence-electron chi connectivity index (χ4n) is 10.4. The van der Waals surface area contributed by atoms with E-state index in [4.69, 9.17) is 75.8 Å². The second-order valence-corrected chi connectivity index (χ2v) is 17.3. The summed E-state index contributed by atoms with van der Waals surface area (Å²) >= 11 is 0. The minimum atomic E-state index is -1.80. The van der Waals surface area contributed by atoms with Crippen LogP contribution in [0.4, 0.5) is 0 Å². The molecule has 30 atom stereocenters. The standard InChI is InChI=1S/C36H52O26/c37-1-7-21-13(39)15(41)31(51-7)59-23-9-3-49-29(23)19(45)35(55-9)62-26-12-6-48-28(26)18(44)34(54-12)58-22-8(2-38)52-32(16(42)14(22)40)60-24-10-4-50-30(24)20(46)36(56-10)61-25-11-5-47-27(25)17(43)33(53-11)57-21/h7-46H,1-6H2/t7-,8-,9-,10-,11-,12-,13-,14-,15-,16-,17-,18-,19-,20-,21-,22-,23-,24-,25-,26-,27-,28-,29-,30-,31-,32-,33-,34-,35-,36-/m1/s1. The van der Waals surface area contributed by atoms with Gasteiger partial charge in [0.15, 0.2) is 37.7 Å². The Hall–Kier alpha value is -1.04. The molecule has 26 heteroatoms. The van der Waals surface area contributed by atoms with E-state index < -0.39 is 197 Å². The van der Waals surface area contributed by atoms with Crippen molar-refractivity contribution in [2.24, 2.45) is 0 Å². The van der Waals surface area contributed by atoms with Crippen LogP contribution in [-0.2, 0) is 75.8 Å². The molecule has 20 bridgehead atoms. The first kappa shape index (κ1) is 43.5. The quantitative estimate of drug-likeness (QED) is 0.123. The predicted octanol–water partition coefficient (Wildman–Crippen LogP) is -8.87. The van der Waals surface area contributed by atoms with Gasteiger partial charge < -0.3 is 127 Å². The van der Waals surface area contributed by atoms with E-state index in [1.54, 1.807) is 0 Å². The Kier molecular flexibility index (Phi) is 11.9. The molecule has 28 saturated heterocycles. The van der Waals surface area contributed by atoms with Crippen molar-refractivity contribution in [1.82, 2.24) is 0 Å². The van der Waals surface area contributed by atoms with Crippen LogP contribution in [0.15, 0.2) is 0 Å². The van der Waals surface area contributed by atoms with Gasteiger partial charge in [-0.05, 0) is 0 Å². The summed E-state index contributed by atoms with van der Waals surface area (Å²) < 4.78 is 95.4. The summed E-state index contributed by atoms with van der Waals surface area (Å²) in [6.45, 7) is -1.81. The van der Waals surface area contributed by atoms with Gasteiger partial charge in [0.2, 0.25) is 0 Å². The largest absolute Gasteiger partial charge is 0.394 e. The molecule has 0 radical (unpaired) electrons. The molecule has 10 N–H and O–H groups in total. The highest BCUT2D eigenvalue weighted by Gasteiger charge is 2.62. The van der Waals surface area contributed by atoms with Gasteiger partial charge in [-0.25, -0.2) is 0 Å². The number of ether oxygens (including phenoxy) is 16. The second kappa shape index (κ2) is 16.9. The van der Waals surface area contributed by atoms with Gasteiger partial charge in [-0.1, -0.05) is 0 Å². The van der Waals surface area contributed by atoms with E-state index in [0.29, 0.717) is 0 Å². The smallest absolute Gasteiger partial charge is 0.187 e. The first-order valence-corrected chi connectivity index (χ1v) is 20.9. The van der Waals surface area contributed by atoms with Crippen LogP contribution < -0.4 is 0 Å². The van der Waals surface area contributed by atoms with E-state index in [0.717, 1.165) is 0 Å². The summed E-state index contributed by atoms with van der Waals surface area (Å²) in [4.78, 5) is 0. The summed E-state index contributed by atoms with van der Waals surface area (Å²) in [7, 11) is 0. The van der Waals surface area contributed by atoms with Gasteiger partial charge in [-0.15, -0.1) is 0 Å². The molecule has 28 rings (SSSR count). The number of rotatable bonds is 2. The third-order valence-electron chi connectivity index (χ3n) is 13.7. The van der Waals surface area contributed by atoms with Gasteiger partial charge in [0.05, 0.1) is 39.6 Å². The van der Waals surface area contributed by atoms with Crippen LogP contribution >= 0.6 is 0 Å². The zero-order valence-electron chi connectivity index (χ0n) is 32.6. The molecule has 0 aromatic carbocycles. The highest BCUT2D eigenvalue weighted by atomic mass is 16.8. The highest BCUT2D eigenvalue weighted by Crippen LogP contribution is 2.43. The molecule has 62 heavy (non-hydrogen) atoms. The molecule has 28 aliphatic heterocycles. The minimum Gasteiger partial charge on any atom is -0.394 e. The summed E-state index contributed by atoms with van der Waals surface area (Å²) in [5.41, 5.74) is 0. The molecule has 28 heterocycles. The van der Waals surface area contributed by atoms with Crippen LogP contribution in [0, 0.1) is 0 Å². The molecule has 352 valence electrons. The summed E-state index contributed by atoms with van der Waals surface area (Å²) in [5, 5.41) is 111. The molecule has 0 aromatic heterocycles. The van der Waals surface area contributed by atoms with Gasteiger partial charge >= 0.3 is 0 Å². The fraction of sp³-hybridized carbons (Fsp3) is 1.00. The zero-order valence-corrected chi connectivity index (χ0v) is 32.6. The van der Waals surface area contributed by atoms with Crippen LogP contribution in [0.25, 0.3) is 0 Å². The average Bonchev–Trinajstić information content (AvgIpc) is 3.96. The lowest BCUT2D eigenvalue weighted by Crippen LogP contribution is -2.66.